The van der Waals surface area contributed by atoms with Crippen molar-refractivity contribution in [1.29, 1.82) is 0 Å². The molecular formula is C17H12FN3O2. The molecule has 0 radical (unpaired) electrons. The van der Waals surface area contributed by atoms with Crippen LogP contribution in [0.15, 0.2) is 60.4 Å². The van der Waals surface area contributed by atoms with E-state index in [0.717, 1.165) is 0 Å². The van der Waals surface area contributed by atoms with Crippen LogP contribution in [-0.4, -0.2) is 17.7 Å². The van der Waals surface area contributed by atoms with E-state index in [0.29, 0.717) is 5.56 Å². The number of nitrogens with one attached hydrogen (secondary N) is 1. The van der Waals surface area contributed by atoms with Crippen LogP contribution >= 0.6 is 0 Å². The Morgan fingerprint density at radius 2 is 1.74 bits per heavy atom. The topological polar surface area (TPSA) is 72.3 Å². The lowest BCUT2D eigenvalue weighted by Crippen LogP contribution is -2.57. The van der Waals surface area contributed by atoms with Gasteiger partial charge in [-0.05, 0) is 17.7 Å². The molecule has 0 bridgehead atoms. The molecule has 2 heterocycles. The Kier molecular flexibility index (Phi) is 3.83. The normalized spacial score (nSPS) is 20.8. The molecule has 0 aliphatic carbocycles. The second-order valence-electron chi connectivity index (χ2n) is 5.14. The monoisotopic (exact) mass is 309 g/mol. The van der Waals surface area contributed by atoms with Gasteiger partial charge in [-0.15, -0.1) is 0 Å². The zero-order valence-corrected chi connectivity index (χ0v) is 11.9. The van der Waals surface area contributed by atoms with Crippen LogP contribution in [-0.2, 0) is 9.59 Å². The lowest BCUT2D eigenvalue weighted by atomic mass is 9.81. The summed E-state index contributed by atoms with van der Waals surface area (Å²) in [6, 6.07) is 9.95. The molecule has 2 atom stereocenters. The molecule has 114 valence electrons. The summed E-state index contributed by atoms with van der Waals surface area (Å²) >= 11 is 0. The van der Waals surface area contributed by atoms with Crippen molar-refractivity contribution in [2.45, 2.75) is 12.0 Å². The first-order valence-electron chi connectivity index (χ1n) is 6.95. The highest BCUT2D eigenvalue weighted by molar-refractivity contribution is 6.14. The first kappa shape index (κ1) is 14.8. The van der Waals surface area contributed by atoms with Crippen molar-refractivity contribution in [1.82, 2.24) is 5.32 Å². The van der Waals surface area contributed by atoms with Crippen LogP contribution < -0.4 is 9.88 Å². The molecule has 5 nitrogen and oxygen atoms in total. The molecule has 0 saturated carbocycles. The molecule has 1 fully saturated rings. The van der Waals surface area contributed by atoms with E-state index in [4.69, 9.17) is 0 Å². The third-order valence-electron chi connectivity index (χ3n) is 3.79. The molecule has 1 N–H and O–H groups in total. The van der Waals surface area contributed by atoms with Crippen LogP contribution in [0.5, 0.6) is 0 Å². The zero-order chi connectivity index (χ0) is 16.4. The lowest BCUT2D eigenvalue weighted by Gasteiger charge is -2.28. The van der Waals surface area contributed by atoms with Gasteiger partial charge in [-0.1, -0.05) is 18.2 Å². The summed E-state index contributed by atoms with van der Waals surface area (Å²) in [5.74, 6) is -0.524. The molecule has 2 unspecified atom stereocenters. The summed E-state index contributed by atoms with van der Waals surface area (Å²) in [5, 5.41) is 11.6. The van der Waals surface area contributed by atoms with E-state index in [1.807, 2.05) is 5.87 Å². The maximum absolute atomic E-state index is 13.2. The molecule has 23 heavy (non-hydrogen) atoms. The van der Waals surface area contributed by atoms with Gasteiger partial charge >= 0.3 is 0 Å². The van der Waals surface area contributed by atoms with E-state index in [2.05, 4.69) is 5.32 Å². The Morgan fingerprint density at radius 3 is 2.35 bits per heavy atom. The largest absolute Gasteiger partial charge is 0.763 e. The molecule has 1 aromatic heterocycles. The SMILES string of the molecule is [N-]=C=C1C(=O)NC(=O)C([n+]2ccccc2)C1c1ccc(F)cc1. The third-order valence-corrected chi connectivity index (χ3v) is 3.79. The molecule has 3 rings (SSSR count). The number of hydrogen-bond donors (Lipinski definition) is 1. The predicted octanol–water partition coefficient (Wildman–Crippen LogP) is 1.26. The predicted molar refractivity (Wildman–Crippen MR) is 79.8 cm³/mol. The van der Waals surface area contributed by atoms with Crippen molar-refractivity contribution in [2.75, 3.05) is 0 Å². The van der Waals surface area contributed by atoms with Crippen LogP contribution in [0.25, 0.3) is 5.41 Å². The van der Waals surface area contributed by atoms with Gasteiger partial charge in [0.2, 0.25) is 6.04 Å². The smallest absolute Gasteiger partial charge is 0.296 e. The number of piperidine rings is 1. The van der Waals surface area contributed by atoms with Crippen LogP contribution in [0.4, 0.5) is 4.39 Å². The number of halogens is 1. The molecule has 2 aromatic rings. The maximum atomic E-state index is 13.2. The third kappa shape index (κ3) is 2.67. The average Bonchev–Trinajstić information content (AvgIpc) is 2.56. The summed E-state index contributed by atoms with van der Waals surface area (Å²) in [5.41, 5.74) is 0.463. The summed E-state index contributed by atoms with van der Waals surface area (Å²) in [4.78, 5) is 24.4. The van der Waals surface area contributed by atoms with Gasteiger partial charge in [0.1, 0.15) is 5.82 Å². The zero-order valence-electron chi connectivity index (χ0n) is 11.9. The Morgan fingerprint density at radius 1 is 1.09 bits per heavy atom. The Hall–Kier alpha value is -3.11. The van der Waals surface area contributed by atoms with Gasteiger partial charge in [0.05, 0.1) is 11.5 Å². The summed E-state index contributed by atoms with van der Waals surface area (Å²) in [6.07, 6.45) is 3.37. The molecule has 1 aliphatic rings. The highest BCUT2D eigenvalue weighted by atomic mass is 19.1. The minimum atomic E-state index is -0.797. The molecular weight excluding hydrogens is 297 g/mol. The van der Waals surface area contributed by atoms with E-state index in [1.54, 1.807) is 35.2 Å². The number of pyridine rings is 1. The van der Waals surface area contributed by atoms with Crippen LogP contribution in [0.3, 0.4) is 0 Å². The highest BCUT2D eigenvalue weighted by Gasteiger charge is 2.46. The minimum Gasteiger partial charge on any atom is -0.763 e. The lowest BCUT2D eigenvalue weighted by molar-refractivity contribution is -0.711. The fourth-order valence-corrected chi connectivity index (χ4v) is 2.75. The van der Waals surface area contributed by atoms with Crippen LogP contribution in [0, 0.1) is 5.82 Å². The quantitative estimate of drug-likeness (QED) is 0.392. The minimum absolute atomic E-state index is 0.0717. The number of carbonyl (C=O) groups excluding carboxylic acids is 2. The summed E-state index contributed by atoms with van der Waals surface area (Å²) in [6.45, 7) is 0. The van der Waals surface area contributed by atoms with E-state index in [1.165, 1.54) is 24.3 Å². The van der Waals surface area contributed by atoms with Crippen molar-refractivity contribution in [3.8, 4) is 0 Å². The van der Waals surface area contributed by atoms with Gasteiger partial charge in [0.25, 0.3) is 11.8 Å². The van der Waals surface area contributed by atoms with Gasteiger partial charge in [0.15, 0.2) is 12.4 Å². The van der Waals surface area contributed by atoms with Crippen molar-refractivity contribution in [2.24, 2.45) is 0 Å². The molecule has 1 saturated heterocycles. The van der Waals surface area contributed by atoms with Crippen molar-refractivity contribution in [3.05, 3.63) is 77.2 Å². The van der Waals surface area contributed by atoms with E-state index < -0.39 is 29.6 Å². The fraction of sp³-hybridized carbons (Fsp3) is 0.118. The van der Waals surface area contributed by atoms with Gasteiger partial charge in [-0.2, -0.15) is 4.57 Å². The van der Waals surface area contributed by atoms with Gasteiger partial charge in [-0.25, -0.2) is 4.39 Å². The van der Waals surface area contributed by atoms with Crippen molar-refractivity contribution < 1.29 is 18.5 Å². The standard InChI is InChI=1S/C17H12FN3O2/c18-12-6-4-11(5-7-12)14-13(10-19)16(22)20-17(23)15(14)21-8-2-1-3-9-21/h1-9,14-15H,(H,20,22,23). The number of benzene rings is 1. The van der Waals surface area contributed by atoms with E-state index in [-0.39, 0.29) is 5.57 Å². The highest BCUT2D eigenvalue weighted by Crippen LogP contribution is 2.34. The van der Waals surface area contributed by atoms with E-state index >= 15 is 0 Å². The summed E-state index contributed by atoms with van der Waals surface area (Å²) < 4.78 is 14.8. The van der Waals surface area contributed by atoms with Gasteiger partial charge in [-0.3, -0.25) is 20.8 Å². The second kappa shape index (κ2) is 5.94. The number of rotatable bonds is 2. The van der Waals surface area contributed by atoms with Crippen molar-refractivity contribution in [3.63, 3.8) is 0 Å². The van der Waals surface area contributed by atoms with Crippen LogP contribution in [0.1, 0.15) is 17.5 Å². The number of imide groups is 1. The number of nitrogens with zero attached hydrogens (tertiary/aromatic N) is 2. The van der Waals surface area contributed by atoms with Crippen molar-refractivity contribution >= 4 is 17.7 Å². The van der Waals surface area contributed by atoms with E-state index in [9.17, 15) is 19.4 Å². The molecule has 1 aromatic carbocycles. The molecule has 1 aliphatic heterocycles. The Bertz CT molecular complexity index is 811. The maximum Gasteiger partial charge on any atom is 0.296 e. The number of carbonyl (C=O) groups is 2. The molecule has 0 spiro atoms. The summed E-state index contributed by atoms with van der Waals surface area (Å²) in [7, 11) is 0. The first-order chi connectivity index (χ1) is 11.1. The van der Waals surface area contributed by atoms with Gasteiger partial charge < -0.3 is 5.41 Å². The first-order valence-corrected chi connectivity index (χ1v) is 6.95. The Balaban J connectivity index is 2.17. The Labute approximate surface area is 131 Å². The second-order valence-corrected chi connectivity index (χ2v) is 5.14. The molecule has 2 amide bonds. The van der Waals surface area contributed by atoms with Gasteiger partial charge in [0, 0.05) is 12.1 Å². The number of aromatic nitrogens is 1. The van der Waals surface area contributed by atoms with Crippen LogP contribution in [0.2, 0.25) is 0 Å². The average molecular weight is 309 g/mol. The fourth-order valence-electron chi connectivity index (χ4n) is 2.75. The number of hydrogen-bond acceptors (Lipinski definition) is 2. The number of amides is 2. The molecule has 6 heteroatoms.